The topological polar surface area (TPSA) is 0 Å². The molecule has 0 aliphatic rings. The Morgan fingerprint density at radius 1 is 1.18 bits per heavy atom. The molecule has 0 fully saturated rings. The maximum absolute atomic E-state index is 12.0. The third-order valence-electron chi connectivity index (χ3n) is 1.37. The molecule has 0 aromatic heterocycles. The number of alkyl halides is 2. The van der Waals surface area contributed by atoms with Gasteiger partial charge in [0.2, 0.25) is 0 Å². The first-order valence-corrected chi connectivity index (χ1v) is 4.38. The van der Waals surface area contributed by atoms with Crippen LogP contribution < -0.4 is 0 Å². The van der Waals surface area contributed by atoms with Crippen LogP contribution in [0.4, 0.5) is 8.78 Å². The molecule has 0 atom stereocenters. The number of hydrogen-bond donors (Lipinski definition) is 0. The second kappa shape index (κ2) is 3.72. The zero-order valence-corrected chi connectivity index (χ0v) is 6.87. The average molecular weight is 174 g/mol. The summed E-state index contributed by atoms with van der Waals surface area (Å²) < 4.78 is 24.0. The number of thioether (sulfide) groups is 1. The molecular weight excluding hydrogens is 166 g/mol. The van der Waals surface area contributed by atoms with Crippen LogP contribution in [0.15, 0.2) is 29.2 Å². The zero-order chi connectivity index (χ0) is 8.27. The Kier molecular flexibility index (Phi) is 2.88. The molecule has 0 bridgehead atoms. The summed E-state index contributed by atoms with van der Waals surface area (Å²) in [7, 11) is 0. The Hall–Kier alpha value is -0.570. The van der Waals surface area contributed by atoms with Crippen LogP contribution in [0.1, 0.15) is 12.0 Å². The second-order valence-electron chi connectivity index (χ2n) is 2.07. The van der Waals surface area contributed by atoms with E-state index in [0.717, 1.165) is 4.90 Å². The van der Waals surface area contributed by atoms with Gasteiger partial charge in [-0.1, -0.05) is 12.1 Å². The lowest BCUT2D eigenvalue weighted by molar-refractivity contribution is 0.151. The van der Waals surface area contributed by atoms with E-state index < -0.39 is 6.43 Å². The molecule has 0 radical (unpaired) electrons. The molecule has 0 aliphatic carbocycles. The van der Waals surface area contributed by atoms with Crippen LogP contribution >= 0.6 is 11.8 Å². The number of benzene rings is 1. The minimum Gasteiger partial charge on any atom is -0.205 e. The van der Waals surface area contributed by atoms with Crippen LogP contribution in [0.2, 0.25) is 0 Å². The lowest BCUT2D eigenvalue weighted by Gasteiger charge is -1.99. The highest BCUT2D eigenvalue weighted by Crippen LogP contribution is 2.21. The van der Waals surface area contributed by atoms with Crippen LogP contribution in [-0.4, -0.2) is 6.26 Å². The van der Waals surface area contributed by atoms with E-state index in [1.165, 1.54) is 12.1 Å². The Bertz CT molecular complexity index is 218. The van der Waals surface area contributed by atoms with Crippen LogP contribution in [0.5, 0.6) is 0 Å². The summed E-state index contributed by atoms with van der Waals surface area (Å²) >= 11 is 1.54. The van der Waals surface area contributed by atoms with Gasteiger partial charge < -0.3 is 0 Å². The van der Waals surface area contributed by atoms with Gasteiger partial charge in [0, 0.05) is 10.5 Å². The van der Waals surface area contributed by atoms with Gasteiger partial charge in [0.05, 0.1) is 0 Å². The van der Waals surface area contributed by atoms with E-state index in [1.807, 2.05) is 6.26 Å². The summed E-state index contributed by atoms with van der Waals surface area (Å²) in [6, 6.07) is 6.31. The Balaban J connectivity index is 2.83. The Morgan fingerprint density at radius 2 is 1.73 bits per heavy atom. The lowest BCUT2D eigenvalue weighted by atomic mass is 10.2. The molecule has 0 N–H and O–H groups in total. The molecule has 0 nitrogen and oxygen atoms in total. The van der Waals surface area contributed by atoms with Crippen LogP contribution in [-0.2, 0) is 0 Å². The van der Waals surface area contributed by atoms with Gasteiger partial charge in [-0.05, 0) is 18.4 Å². The fourth-order valence-corrected chi connectivity index (χ4v) is 1.16. The van der Waals surface area contributed by atoms with Crippen molar-refractivity contribution in [2.75, 3.05) is 6.26 Å². The summed E-state index contributed by atoms with van der Waals surface area (Å²) in [5.41, 5.74) is 0.0859. The fraction of sp³-hybridized carbons (Fsp3) is 0.250. The van der Waals surface area contributed by atoms with Crippen molar-refractivity contribution in [3.8, 4) is 0 Å². The van der Waals surface area contributed by atoms with Crippen molar-refractivity contribution in [2.24, 2.45) is 0 Å². The van der Waals surface area contributed by atoms with E-state index >= 15 is 0 Å². The van der Waals surface area contributed by atoms with Crippen LogP contribution in [0.25, 0.3) is 0 Å². The van der Waals surface area contributed by atoms with Gasteiger partial charge >= 0.3 is 0 Å². The van der Waals surface area contributed by atoms with Gasteiger partial charge in [-0.2, -0.15) is 0 Å². The predicted molar refractivity (Wildman–Crippen MR) is 43.2 cm³/mol. The maximum Gasteiger partial charge on any atom is 0.263 e. The van der Waals surface area contributed by atoms with Crippen LogP contribution in [0.3, 0.4) is 0 Å². The Morgan fingerprint density at radius 3 is 2.09 bits per heavy atom. The summed E-state index contributed by atoms with van der Waals surface area (Å²) in [5.74, 6) is 0. The molecule has 0 unspecified atom stereocenters. The minimum absolute atomic E-state index is 0.0859. The molecule has 0 heterocycles. The van der Waals surface area contributed by atoms with E-state index in [1.54, 1.807) is 23.9 Å². The van der Waals surface area contributed by atoms with Crippen molar-refractivity contribution in [1.29, 1.82) is 0 Å². The van der Waals surface area contributed by atoms with Gasteiger partial charge in [0.15, 0.2) is 0 Å². The van der Waals surface area contributed by atoms with E-state index in [-0.39, 0.29) is 5.56 Å². The zero-order valence-electron chi connectivity index (χ0n) is 6.05. The molecule has 0 amide bonds. The molecular formula is C8H8F2S. The van der Waals surface area contributed by atoms with E-state index in [2.05, 4.69) is 0 Å². The largest absolute Gasteiger partial charge is 0.263 e. The Labute approximate surface area is 68.6 Å². The normalized spacial score (nSPS) is 10.5. The quantitative estimate of drug-likeness (QED) is 0.619. The van der Waals surface area contributed by atoms with E-state index in [4.69, 9.17) is 0 Å². The number of hydrogen-bond acceptors (Lipinski definition) is 1. The lowest BCUT2D eigenvalue weighted by Crippen LogP contribution is -1.81. The standard InChI is InChI=1S/C8H8F2S/c1-11-7-4-2-6(3-5-7)8(9)10/h2-5,8H,1H3. The minimum atomic E-state index is -2.36. The smallest absolute Gasteiger partial charge is 0.205 e. The molecule has 0 aliphatic heterocycles. The molecule has 60 valence electrons. The van der Waals surface area contributed by atoms with Crippen molar-refractivity contribution < 1.29 is 8.78 Å². The van der Waals surface area contributed by atoms with Crippen molar-refractivity contribution in [3.63, 3.8) is 0 Å². The number of halogens is 2. The highest BCUT2D eigenvalue weighted by Gasteiger charge is 2.04. The summed E-state index contributed by atoms with van der Waals surface area (Å²) in [6.07, 6.45) is -0.442. The van der Waals surface area contributed by atoms with Crippen molar-refractivity contribution in [2.45, 2.75) is 11.3 Å². The maximum atomic E-state index is 12.0. The fourth-order valence-electron chi connectivity index (χ4n) is 0.749. The van der Waals surface area contributed by atoms with E-state index in [9.17, 15) is 8.78 Å². The summed E-state index contributed by atoms with van der Waals surface area (Å²) in [4.78, 5) is 1.01. The second-order valence-corrected chi connectivity index (χ2v) is 2.95. The highest BCUT2D eigenvalue weighted by molar-refractivity contribution is 7.98. The van der Waals surface area contributed by atoms with Crippen molar-refractivity contribution in [3.05, 3.63) is 29.8 Å². The molecule has 1 aromatic carbocycles. The van der Waals surface area contributed by atoms with Gasteiger partial charge in [0.25, 0.3) is 6.43 Å². The molecule has 0 spiro atoms. The average Bonchev–Trinajstić information content (AvgIpc) is 2.05. The monoisotopic (exact) mass is 174 g/mol. The first kappa shape index (κ1) is 8.53. The molecule has 11 heavy (non-hydrogen) atoms. The summed E-state index contributed by atoms with van der Waals surface area (Å²) in [5, 5.41) is 0. The number of rotatable bonds is 2. The highest BCUT2D eigenvalue weighted by atomic mass is 32.2. The first-order chi connectivity index (χ1) is 5.24. The van der Waals surface area contributed by atoms with Gasteiger partial charge in [-0.3, -0.25) is 0 Å². The third kappa shape index (κ3) is 2.19. The van der Waals surface area contributed by atoms with Gasteiger partial charge in [-0.25, -0.2) is 8.78 Å². The van der Waals surface area contributed by atoms with Crippen molar-refractivity contribution >= 4 is 11.8 Å². The van der Waals surface area contributed by atoms with Crippen molar-refractivity contribution in [1.82, 2.24) is 0 Å². The molecule has 0 saturated carbocycles. The van der Waals surface area contributed by atoms with Crippen LogP contribution in [0, 0.1) is 0 Å². The molecule has 3 heteroatoms. The predicted octanol–water partition coefficient (Wildman–Crippen LogP) is 3.35. The third-order valence-corrected chi connectivity index (χ3v) is 2.11. The van der Waals surface area contributed by atoms with Gasteiger partial charge in [-0.15, -0.1) is 11.8 Å². The first-order valence-electron chi connectivity index (χ1n) is 3.16. The molecule has 1 aromatic rings. The molecule has 1 rings (SSSR count). The van der Waals surface area contributed by atoms with E-state index in [0.29, 0.717) is 0 Å². The molecule has 0 saturated heterocycles. The summed E-state index contributed by atoms with van der Waals surface area (Å²) in [6.45, 7) is 0. The SMILES string of the molecule is CSc1ccc(C(F)F)cc1. The van der Waals surface area contributed by atoms with Gasteiger partial charge in [0.1, 0.15) is 0 Å².